The summed E-state index contributed by atoms with van der Waals surface area (Å²) in [4.78, 5) is 4.70. The maximum atomic E-state index is 6.51. The number of nitrogens with one attached hydrogen (secondary N) is 1. The summed E-state index contributed by atoms with van der Waals surface area (Å²) < 4.78 is 9.10. The number of benzene rings is 4. The van der Waals surface area contributed by atoms with Gasteiger partial charge in [0.25, 0.3) is 0 Å². The Bertz CT molecular complexity index is 2120. The van der Waals surface area contributed by atoms with Crippen molar-refractivity contribution in [1.82, 2.24) is 9.42 Å². The first-order valence-electron chi connectivity index (χ1n) is 14.1. The molecule has 0 unspecified atom stereocenters. The molecule has 2 bridgehead atoms. The van der Waals surface area contributed by atoms with Crippen LogP contribution < -0.4 is 31.3 Å². The van der Waals surface area contributed by atoms with E-state index in [0.717, 1.165) is 42.6 Å². The molecule has 1 aromatic heterocycles. The van der Waals surface area contributed by atoms with Crippen molar-refractivity contribution in [3.63, 3.8) is 0 Å². The van der Waals surface area contributed by atoms with E-state index in [-0.39, 0.29) is 6.71 Å². The van der Waals surface area contributed by atoms with Crippen LogP contribution in [0.1, 0.15) is 0 Å². The van der Waals surface area contributed by atoms with Crippen molar-refractivity contribution in [2.45, 2.75) is 0 Å². The molecule has 38 heavy (non-hydrogen) atoms. The Morgan fingerprint density at radius 2 is 1.66 bits per heavy atom. The molecule has 0 saturated carbocycles. The molecule has 0 atom stereocenters. The van der Waals surface area contributed by atoms with Gasteiger partial charge in [0.15, 0.2) is 0 Å². The first-order valence-corrected chi connectivity index (χ1v) is 19.0. The molecule has 9 aliphatic heterocycles. The summed E-state index contributed by atoms with van der Waals surface area (Å²) >= 11 is 0. The number of ether oxygens (including phenoxy) is 1. The van der Waals surface area contributed by atoms with Crippen LogP contribution in [0.5, 0.6) is 11.5 Å². The number of para-hydroxylation sites is 2. The van der Waals surface area contributed by atoms with E-state index in [4.69, 9.17) is 9.59 Å². The second kappa shape index (κ2) is 4.96. The summed E-state index contributed by atoms with van der Waals surface area (Å²) in [6.07, 6.45) is 0.918. The van der Waals surface area contributed by atoms with Gasteiger partial charge in [0.05, 0.1) is 0 Å². The standard InChI is InChI=1S/C24H14B9N2OP2/c1-3-8-17-14(6-1)22-21(37(29-25-30(37)33(29)37)34-38-26-31(38)32(38)27-38)13-12-16-24(22)35(17)18-9-5-11-20-23(18)28(16)15-7-2-4-10-19(15)36-20/h1-13,34H/q-2. The molecule has 14 heteroatoms. The zero-order valence-corrected chi connectivity index (χ0v) is 22.2. The summed E-state index contributed by atoms with van der Waals surface area (Å²) in [5.41, 5.74) is 8.13. The zero-order chi connectivity index (χ0) is 24.0. The summed E-state index contributed by atoms with van der Waals surface area (Å²) in [6, 6.07) is 29.7. The van der Waals surface area contributed by atoms with Crippen LogP contribution in [-0.4, -0.2) is 63.2 Å². The van der Waals surface area contributed by atoms with Gasteiger partial charge in [-0.3, -0.25) is 0 Å². The van der Waals surface area contributed by atoms with E-state index in [1.54, 1.807) is 10.7 Å². The Balaban J connectivity index is 1.20. The van der Waals surface area contributed by atoms with Crippen molar-refractivity contribution in [2.24, 2.45) is 0 Å². The molecule has 7 fully saturated rings. The molecule has 3 nitrogen and oxygen atoms in total. The number of fused-ring (bicyclic) bond motifs is 8. The van der Waals surface area contributed by atoms with Gasteiger partial charge >= 0.3 is 225 Å². The molecule has 4 aromatic carbocycles. The number of nitrogens with zero attached hydrogens (tertiary/aromatic N) is 1. The van der Waals surface area contributed by atoms with E-state index in [2.05, 4.69) is 104 Å². The van der Waals surface area contributed by atoms with Crippen molar-refractivity contribution in [2.75, 3.05) is 0 Å². The van der Waals surface area contributed by atoms with Crippen molar-refractivity contribution in [1.29, 1.82) is 0 Å². The predicted molar refractivity (Wildman–Crippen MR) is 175 cm³/mol. The fourth-order valence-electron chi connectivity index (χ4n) is 10.2. The van der Waals surface area contributed by atoms with E-state index in [1.807, 2.05) is 0 Å². The Morgan fingerprint density at radius 3 is 2.45 bits per heavy atom. The van der Waals surface area contributed by atoms with Gasteiger partial charge in [-0.1, -0.05) is 0 Å². The van der Waals surface area contributed by atoms with Crippen molar-refractivity contribution in [3.8, 4) is 17.2 Å². The van der Waals surface area contributed by atoms with Gasteiger partial charge in [-0.05, 0) is 0 Å². The van der Waals surface area contributed by atoms with Gasteiger partial charge in [-0.25, -0.2) is 0 Å². The molecule has 0 aliphatic carbocycles. The van der Waals surface area contributed by atoms with E-state index < -0.39 is 12.7 Å². The van der Waals surface area contributed by atoms with Crippen molar-refractivity contribution in [3.05, 3.63) is 78.9 Å². The Kier molecular flexibility index (Phi) is 2.48. The topological polar surface area (TPSA) is 26.2 Å². The number of rotatable bonds is 3. The van der Waals surface area contributed by atoms with Crippen molar-refractivity contribution < 1.29 is 4.74 Å². The predicted octanol–water partition coefficient (Wildman–Crippen LogP) is 1.07. The van der Waals surface area contributed by atoms with Crippen LogP contribution in [0.15, 0.2) is 78.9 Å². The fraction of sp³-hybridized carbons (Fsp3) is 0. The second-order valence-electron chi connectivity index (χ2n) is 13.3. The maximum absolute atomic E-state index is 6.51. The molecule has 9 aliphatic rings. The third-order valence-corrected chi connectivity index (χ3v) is 26.8. The third kappa shape index (κ3) is 1.49. The molecular weight excluding hydrogens is 492 g/mol. The normalized spacial score (nSPS) is 27.1. The molecule has 1 N–H and O–H groups in total. The minimum absolute atomic E-state index is 0.202. The van der Waals surface area contributed by atoms with Crippen LogP contribution in [0.2, 0.25) is 0 Å². The van der Waals surface area contributed by atoms with E-state index in [1.165, 1.54) is 38.5 Å². The fourth-order valence-corrected chi connectivity index (χ4v) is 29.7. The summed E-state index contributed by atoms with van der Waals surface area (Å²) in [6.45, 7) is 5.70. The third-order valence-electron chi connectivity index (χ3n) is 12.4. The molecule has 5 aromatic rings. The van der Waals surface area contributed by atoms with Crippen LogP contribution >= 0.6 is 12.7 Å². The van der Waals surface area contributed by atoms with Crippen molar-refractivity contribution >= 4 is 115 Å². The van der Waals surface area contributed by atoms with Gasteiger partial charge < -0.3 is 0 Å². The van der Waals surface area contributed by atoms with E-state index >= 15 is 0 Å². The van der Waals surface area contributed by atoms with Gasteiger partial charge in [0, 0.05) is 0 Å². The number of hydrogen-bond donors (Lipinski definition) is 1. The quantitative estimate of drug-likeness (QED) is 0.287. The molecule has 165 valence electrons. The van der Waals surface area contributed by atoms with Gasteiger partial charge in [-0.15, -0.1) is 0 Å². The zero-order valence-electron chi connectivity index (χ0n) is 20.5. The average Bonchev–Trinajstić information content (AvgIpc) is 3.88. The Morgan fingerprint density at radius 1 is 0.842 bits per heavy atom. The summed E-state index contributed by atoms with van der Waals surface area (Å²) in [7, 11) is 2.70. The van der Waals surface area contributed by atoms with Gasteiger partial charge in [0.1, 0.15) is 0 Å². The Labute approximate surface area is 224 Å². The average molecular weight is 506 g/mol. The molecule has 7 saturated heterocycles. The van der Waals surface area contributed by atoms with Crippen LogP contribution in [0.3, 0.4) is 0 Å². The van der Waals surface area contributed by atoms with Gasteiger partial charge in [-0.2, -0.15) is 0 Å². The monoisotopic (exact) mass is 507 g/mol. The first kappa shape index (κ1) is 19.0. The van der Waals surface area contributed by atoms with Crippen LogP contribution in [-0.2, 0) is 0 Å². The van der Waals surface area contributed by atoms with Crippen LogP contribution in [0.4, 0.5) is 0 Å². The molecule has 14 rings (SSSR count). The minimum atomic E-state index is -2.06. The number of hydrogen-bond acceptors (Lipinski definition) is 2. The molecule has 5 radical (unpaired) electrons. The summed E-state index contributed by atoms with van der Waals surface area (Å²) in [5.74, 6) is 2.00. The Hall–Kier alpha value is -2.12. The van der Waals surface area contributed by atoms with Crippen LogP contribution in [0.25, 0.3) is 27.5 Å². The van der Waals surface area contributed by atoms with E-state index in [9.17, 15) is 0 Å². The van der Waals surface area contributed by atoms with E-state index in [0.29, 0.717) is 0 Å². The second-order valence-corrected chi connectivity index (χ2v) is 23.6. The number of aromatic nitrogens is 1. The molecular formula is C24H14B9N2OP2-2. The SMILES string of the molecule is [B]1B2B3[B-]P123NP12(c3ccc4c5c3c3ccccc3n5-c3cccc5c3B4c3ccccc3O5)B3[B-]B1B32. The molecule has 0 amide bonds. The molecule has 1 spiro atoms. The van der Waals surface area contributed by atoms with Gasteiger partial charge in [0.2, 0.25) is 0 Å². The first-order chi connectivity index (χ1) is 18.7. The molecule has 10 heterocycles. The van der Waals surface area contributed by atoms with Crippen LogP contribution in [0, 0.1) is 0 Å². The summed E-state index contributed by atoms with van der Waals surface area (Å²) in [5, 5.41) is 4.72.